The normalized spacial score (nSPS) is 22.4. The number of ether oxygens (including phenoxy) is 2. The van der Waals surface area contributed by atoms with Crippen LogP contribution in [0.1, 0.15) is 29.5 Å². The Balaban J connectivity index is 1.44. The standard InChI is InChI=1S/C18H22N4O3/c1-12-19-8-16-10-25-11-17(22(12)16)13-2-4-14(5-3-13)20-18(23)21-15-6-7-24-9-15/h2-5,8,15,17H,6-7,9-11H2,1H3,(H2,20,21,23)/t15-,17?/m0/s1. The topological polar surface area (TPSA) is 77.4 Å². The highest BCUT2D eigenvalue weighted by Gasteiger charge is 2.24. The molecule has 2 amide bonds. The molecule has 0 radical (unpaired) electrons. The number of fused-ring (bicyclic) bond motifs is 1. The fraction of sp³-hybridized carbons (Fsp3) is 0.444. The summed E-state index contributed by atoms with van der Waals surface area (Å²) in [6.45, 7) is 4.52. The third-order valence-corrected chi connectivity index (χ3v) is 4.71. The molecule has 4 rings (SSSR count). The Kier molecular flexibility index (Phi) is 4.42. The number of amides is 2. The number of carbonyl (C=O) groups excluding carboxylic acids is 1. The van der Waals surface area contributed by atoms with Crippen LogP contribution in [0.25, 0.3) is 0 Å². The molecule has 1 unspecified atom stereocenters. The number of aromatic nitrogens is 2. The number of anilines is 1. The van der Waals surface area contributed by atoms with Crippen LogP contribution < -0.4 is 10.6 Å². The van der Waals surface area contributed by atoms with E-state index in [9.17, 15) is 4.79 Å². The van der Waals surface area contributed by atoms with E-state index in [0.717, 1.165) is 29.2 Å². The third kappa shape index (κ3) is 3.38. The average molecular weight is 342 g/mol. The molecule has 0 aliphatic carbocycles. The van der Waals surface area contributed by atoms with Crippen LogP contribution in [0.4, 0.5) is 10.5 Å². The molecule has 1 aromatic heterocycles. The number of nitrogens with zero attached hydrogens (tertiary/aromatic N) is 2. The number of imidazole rings is 1. The van der Waals surface area contributed by atoms with Crippen molar-refractivity contribution in [3.63, 3.8) is 0 Å². The second-order valence-corrected chi connectivity index (χ2v) is 6.48. The summed E-state index contributed by atoms with van der Waals surface area (Å²) in [5.74, 6) is 0.990. The molecule has 2 N–H and O–H groups in total. The van der Waals surface area contributed by atoms with Crippen LogP contribution in [-0.2, 0) is 16.1 Å². The summed E-state index contributed by atoms with van der Waals surface area (Å²) < 4.78 is 13.2. The highest BCUT2D eigenvalue weighted by atomic mass is 16.5. The molecule has 2 atom stereocenters. The van der Waals surface area contributed by atoms with E-state index in [-0.39, 0.29) is 18.1 Å². The first-order valence-corrected chi connectivity index (χ1v) is 8.56. The predicted molar refractivity (Wildman–Crippen MR) is 92.6 cm³/mol. The van der Waals surface area contributed by atoms with Crippen molar-refractivity contribution >= 4 is 11.7 Å². The average Bonchev–Trinajstić information content (AvgIpc) is 3.26. The smallest absolute Gasteiger partial charge is 0.319 e. The van der Waals surface area contributed by atoms with Gasteiger partial charge in [0, 0.05) is 12.3 Å². The maximum atomic E-state index is 12.0. The van der Waals surface area contributed by atoms with E-state index in [1.54, 1.807) is 0 Å². The Morgan fingerprint density at radius 1 is 1.24 bits per heavy atom. The minimum absolute atomic E-state index is 0.0984. The second-order valence-electron chi connectivity index (χ2n) is 6.48. The van der Waals surface area contributed by atoms with Crippen LogP contribution >= 0.6 is 0 Å². The zero-order valence-corrected chi connectivity index (χ0v) is 14.2. The number of nitrogens with one attached hydrogen (secondary N) is 2. The van der Waals surface area contributed by atoms with Gasteiger partial charge in [-0.15, -0.1) is 0 Å². The van der Waals surface area contributed by atoms with Gasteiger partial charge in [0.25, 0.3) is 0 Å². The summed E-state index contributed by atoms with van der Waals surface area (Å²) in [7, 11) is 0. The number of rotatable bonds is 3. The summed E-state index contributed by atoms with van der Waals surface area (Å²) in [6.07, 6.45) is 2.73. The quantitative estimate of drug-likeness (QED) is 0.897. The first kappa shape index (κ1) is 16.1. The minimum atomic E-state index is -0.197. The zero-order chi connectivity index (χ0) is 17.2. The van der Waals surface area contributed by atoms with E-state index in [4.69, 9.17) is 9.47 Å². The van der Waals surface area contributed by atoms with Crippen LogP contribution in [0.5, 0.6) is 0 Å². The molecule has 2 aliphatic heterocycles. The zero-order valence-electron chi connectivity index (χ0n) is 14.2. The summed E-state index contributed by atoms with van der Waals surface area (Å²) in [4.78, 5) is 16.4. The van der Waals surface area contributed by atoms with Gasteiger partial charge in [0.2, 0.25) is 0 Å². The molecule has 0 saturated carbocycles. The van der Waals surface area contributed by atoms with E-state index in [1.807, 2.05) is 37.4 Å². The molecule has 2 aliphatic rings. The number of hydrogen-bond donors (Lipinski definition) is 2. The van der Waals surface area contributed by atoms with Gasteiger partial charge in [0.1, 0.15) is 5.82 Å². The highest BCUT2D eigenvalue weighted by Crippen LogP contribution is 2.28. The Bertz CT molecular complexity index is 750. The predicted octanol–water partition coefficient (Wildman–Crippen LogP) is 2.22. The van der Waals surface area contributed by atoms with Gasteiger partial charge in [-0.25, -0.2) is 9.78 Å². The summed E-state index contributed by atoms with van der Waals surface area (Å²) in [6, 6.07) is 7.90. The van der Waals surface area contributed by atoms with Crippen molar-refractivity contribution in [3.05, 3.63) is 47.5 Å². The van der Waals surface area contributed by atoms with Gasteiger partial charge in [-0.05, 0) is 31.0 Å². The molecule has 1 saturated heterocycles. The molecule has 7 nitrogen and oxygen atoms in total. The van der Waals surface area contributed by atoms with Crippen molar-refractivity contribution < 1.29 is 14.3 Å². The molecule has 2 aromatic rings. The van der Waals surface area contributed by atoms with Gasteiger partial charge in [-0.1, -0.05) is 12.1 Å². The SMILES string of the molecule is Cc1ncc2n1C(c1ccc(NC(=O)N[C@H]3CCOC3)cc1)COC2. The van der Waals surface area contributed by atoms with Crippen molar-refractivity contribution in [2.24, 2.45) is 0 Å². The van der Waals surface area contributed by atoms with Gasteiger partial charge in [-0.2, -0.15) is 0 Å². The van der Waals surface area contributed by atoms with Crippen molar-refractivity contribution in [1.29, 1.82) is 0 Å². The van der Waals surface area contributed by atoms with Gasteiger partial charge < -0.3 is 24.7 Å². The molecule has 7 heteroatoms. The number of carbonyl (C=O) groups is 1. The lowest BCUT2D eigenvalue weighted by Crippen LogP contribution is -2.38. The molecular formula is C18H22N4O3. The Hall–Kier alpha value is -2.38. The Labute approximate surface area is 146 Å². The van der Waals surface area contributed by atoms with Crippen molar-refractivity contribution in [2.75, 3.05) is 25.1 Å². The molecule has 1 aromatic carbocycles. The van der Waals surface area contributed by atoms with Gasteiger partial charge in [0.15, 0.2) is 0 Å². The van der Waals surface area contributed by atoms with E-state index < -0.39 is 0 Å². The fourth-order valence-electron chi connectivity index (χ4n) is 3.42. The largest absolute Gasteiger partial charge is 0.379 e. The lowest BCUT2D eigenvalue weighted by Gasteiger charge is -2.27. The fourth-order valence-corrected chi connectivity index (χ4v) is 3.42. The Morgan fingerprint density at radius 2 is 2.08 bits per heavy atom. The van der Waals surface area contributed by atoms with Crippen LogP contribution in [-0.4, -0.2) is 41.4 Å². The van der Waals surface area contributed by atoms with E-state index in [1.165, 1.54) is 0 Å². The highest BCUT2D eigenvalue weighted by molar-refractivity contribution is 5.89. The molecule has 3 heterocycles. The van der Waals surface area contributed by atoms with Crippen molar-refractivity contribution in [1.82, 2.24) is 14.9 Å². The van der Waals surface area contributed by atoms with Crippen LogP contribution in [0, 0.1) is 6.92 Å². The third-order valence-electron chi connectivity index (χ3n) is 4.71. The monoisotopic (exact) mass is 342 g/mol. The van der Waals surface area contributed by atoms with Crippen molar-refractivity contribution in [2.45, 2.75) is 32.0 Å². The first-order valence-electron chi connectivity index (χ1n) is 8.56. The van der Waals surface area contributed by atoms with Crippen LogP contribution in [0.3, 0.4) is 0 Å². The maximum Gasteiger partial charge on any atom is 0.319 e. The van der Waals surface area contributed by atoms with Gasteiger partial charge >= 0.3 is 6.03 Å². The maximum absolute atomic E-state index is 12.0. The molecule has 132 valence electrons. The van der Waals surface area contributed by atoms with E-state index in [2.05, 4.69) is 20.2 Å². The molecular weight excluding hydrogens is 320 g/mol. The number of hydrogen-bond acceptors (Lipinski definition) is 4. The second kappa shape index (κ2) is 6.85. The molecule has 25 heavy (non-hydrogen) atoms. The van der Waals surface area contributed by atoms with E-state index in [0.29, 0.717) is 26.4 Å². The lowest BCUT2D eigenvalue weighted by atomic mass is 10.1. The van der Waals surface area contributed by atoms with Crippen molar-refractivity contribution in [3.8, 4) is 0 Å². The van der Waals surface area contributed by atoms with Gasteiger partial charge in [0.05, 0.1) is 43.8 Å². The summed E-state index contributed by atoms with van der Waals surface area (Å²) >= 11 is 0. The number of benzene rings is 1. The summed E-state index contributed by atoms with van der Waals surface area (Å²) in [5.41, 5.74) is 2.99. The molecule has 1 fully saturated rings. The summed E-state index contributed by atoms with van der Waals surface area (Å²) in [5, 5.41) is 5.78. The molecule has 0 bridgehead atoms. The Morgan fingerprint density at radius 3 is 2.84 bits per heavy atom. The number of aryl methyl sites for hydroxylation is 1. The van der Waals surface area contributed by atoms with Gasteiger partial charge in [-0.3, -0.25) is 0 Å². The van der Waals surface area contributed by atoms with Crippen LogP contribution in [0.2, 0.25) is 0 Å². The minimum Gasteiger partial charge on any atom is -0.379 e. The van der Waals surface area contributed by atoms with E-state index >= 15 is 0 Å². The molecule has 0 spiro atoms. The van der Waals surface area contributed by atoms with Crippen LogP contribution in [0.15, 0.2) is 30.5 Å². The number of urea groups is 1. The lowest BCUT2D eigenvalue weighted by molar-refractivity contribution is 0.0687. The first-order chi connectivity index (χ1) is 12.2.